The molecule has 0 saturated heterocycles. The number of carboxylic acid groups (broad SMARTS) is 1. The molecule has 2 aromatic rings. The molecule has 1 saturated carbocycles. The summed E-state index contributed by atoms with van der Waals surface area (Å²) < 4.78 is 5.64. The van der Waals surface area contributed by atoms with Crippen molar-refractivity contribution in [2.75, 3.05) is 18.6 Å². The number of ether oxygens (including phenoxy) is 1. The Morgan fingerprint density at radius 1 is 1.06 bits per heavy atom. The molecule has 186 valence electrons. The number of rotatable bonds is 10. The molecule has 0 aromatic heterocycles. The van der Waals surface area contributed by atoms with Crippen LogP contribution in [-0.2, 0) is 14.3 Å². The van der Waals surface area contributed by atoms with Crippen molar-refractivity contribution in [2.45, 2.75) is 50.1 Å². The van der Waals surface area contributed by atoms with E-state index in [0.717, 1.165) is 12.8 Å². The summed E-state index contributed by atoms with van der Waals surface area (Å²) in [5, 5.41) is 14.9. The van der Waals surface area contributed by atoms with Crippen molar-refractivity contribution in [1.29, 1.82) is 0 Å². The molecule has 0 aliphatic heterocycles. The first kappa shape index (κ1) is 25.1. The van der Waals surface area contributed by atoms with Crippen molar-refractivity contribution in [1.82, 2.24) is 10.6 Å². The summed E-state index contributed by atoms with van der Waals surface area (Å²) in [4.78, 5) is 36.3. The number of carbonyl (C=O) groups excluding carboxylic acids is 2. The number of carboxylic acids is 1. The topological polar surface area (TPSA) is 105 Å². The van der Waals surface area contributed by atoms with E-state index in [1.54, 1.807) is 11.8 Å². The second kappa shape index (κ2) is 11.6. The SMILES string of the molecule is CSCC[C@H](NC(=O)CC1CCC(NC(=O)OCC2c3ccccc3-c3ccccc32)C1)C(=O)O. The van der Waals surface area contributed by atoms with E-state index in [4.69, 9.17) is 4.74 Å². The number of aliphatic carboxylic acids is 1. The third-order valence-corrected chi connectivity index (χ3v) is 7.57. The zero-order chi connectivity index (χ0) is 24.8. The van der Waals surface area contributed by atoms with Crippen molar-refractivity contribution < 1.29 is 24.2 Å². The van der Waals surface area contributed by atoms with Crippen LogP contribution in [-0.4, -0.2) is 53.8 Å². The quantitative estimate of drug-likeness (QED) is 0.450. The normalized spacial score (nSPS) is 19.5. The van der Waals surface area contributed by atoms with Gasteiger partial charge in [-0.1, -0.05) is 48.5 Å². The van der Waals surface area contributed by atoms with Gasteiger partial charge in [-0.05, 0) is 65.9 Å². The monoisotopic (exact) mass is 496 g/mol. The fraction of sp³-hybridized carbons (Fsp3) is 0.444. The van der Waals surface area contributed by atoms with E-state index in [0.29, 0.717) is 18.6 Å². The van der Waals surface area contributed by atoms with Crippen LogP contribution in [0.4, 0.5) is 4.79 Å². The minimum Gasteiger partial charge on any atom is -0.480 e. The molecular weight excluding hydrogens is 464 g/mol. The average molecular weight is 497 g/mol. The van der Waals surface area contributed by atoms with E-state index in [1.165, 1.54) is 22.3 Å². The Balaban J connectivity index is 1.24. The number of carbonyl (C=O) groups is 3. The second-order valence-corrected chi connectivity index (χ2v) is 10.3. The number of thioether (sulfide) groups is 1. The molecule has 2 unspecified atom stereocenters. The highest BCUT2D eigenvalue weighted by Crippen LogP contribution is 2.44. The fourth-order valence-electron chi connectivity index (χ4n) is 5.21. The van der Waals surface area contributed by atoms with Gasteiger partial charge in [-0.15, -0.1) is 0 Å². The lowest BCUT2D eigenvalue weighted by atomic mass is 9.98. The molecule has 2 aliphatic carbocycles. The predicted molar refractivity (Wildman–Crippen MR) is 137 cm³/mol. The van der Waals surface area contributed by atoms with Gasteiger partial charge in [0, 0.05) is 18.4 Å². The molecule has 2 aliphatic rings. The zero-order valence-corrected chi connectivity index (χ0v) is 20.7. The Hall–Kier alpha value is -3.00. The molecule has 8 heteroatoms. The minimum absolute atomic E-state index is 0.0152. The average Bonchev–Trinajstić information content (AvgIpc) is 3.41. The number of hydrogen-bond donors (Lipinski definition) is 3. The highest BCUT2D eigenvalue weighted by Gasteiger charge is 2.31. The molecule has 2 amide bonds. The highest BCUT2D eigenvalue weighted by molar-refractivity contribution is 7.98. The zero-order valence-electron chi connectivity index (χ0n) is 19.9. The Labute approximate surface area is 210 Å². The molecule has 2 aromatic carbocycles. The first-order valence-electron chi connectivity index (χ1n) is 12.1. The van der Waals surface area contributed by atoms with Gasteiger partial charge in [0.15, 0.2) is 0 Å². The van der Waals surface area contributed by atoms with E-state index >= 15 is 0 Å². The number of nitrogens with one attached hydrogen (secondary N) is 2. The predicted octanol–water partition coefficient (Wildman–Crippen LogP) is 4.41. The summed E-state index contributed by atoms with van der Waals surface area (Å²) in [6.45, 7) is 0.269. The molecule has 0 bridgehead atoms. The van der Waals surface area contributed by atoms with Crippen molar-refractivity contribution in [3.05, 3.63) is 59.7 Å². The number of benzene rings is 2. The highest BCUT2D eigenvalue weighted by atomic mass is 32.2. The Morgan fingerprint density at radius 2 is 1.71 bits per heavy atom. The molecule has 7 nitrogen and oxygen atoms in total. The van der Waals surface area contributed by atoms with Crippen LogP contribution in [0.15, 0.2) is 48.5 Å². The lowest BCUT2D eigenvalue weighted by Crippen LogP contribution is -2.41. The molecule has 0 radical (unpaired) electrons. The summed E-state index contributed by atoms with van der Waals surface area (Å²) in [6.07, 6.45) is 4.40. The molecular formula is C27H32N2O5S. The van der Waals surface area contributed by atoms with Crippen LogP contribution in [0.1, 0.15) is 49.1 Å². The number of alkyl carbamates (subject to hydrolysis) is 1. The van der Waals surface area contributed by atoms with Gasteiger partial charge in [0.25, 0.3) is 0 Å². The minimum atomic E-state index is -1.01. The smallest absolute Gasteiger partial charge is 0.407 e. The van der Waals surface area contributed by atoms with Crippen molar-refractivity contribution >= 4 is 29.7 Å². The molecule has 3 N–H and O–H groups in total. The third-order valence-electron chi connectivity index (χ3n) is 6.92. The molecule has 1 fully saturated rings. The van der Waals surface area contributed by atoms with Crippen LogP contribution in [0.3, 0.4) is 0 Å². The van der Waals surface area contributed by atoms with Crippen LogP contribution in [0, 0.1) is 5.92 Å². The number of fused-ring (bicyclic) bond motifs is 3. The van der Waals surface area contributed by atoms with E-state index < -0.39 is 18.1 Å². The van der Waals surface area contributed by atoms with E-state index in [-0.39, 0.29) is 36.8 Å². The Morgan fingerprint density at radius 3 is 2.34 bits per heavy atom. The molecule has 0 heterocycles. The summed E-state index contributed by atoms with van der Waals surface area (Å²) in [5.74, 6) is -0.448. The molecule has 35 heavy (non-hydrogen) atoms. The van der Waals surface area contributed by atoms with Crippen LogP contribution in [0.2, 0.25) is 0 Å². The molecule has 3 atom stereocenters. The molecule has 4 rings (SSSR count). The van der Waals surface area contributed by atoms with Gasteiger partial charge in [-0.25, -0.2) is 9.59 Å². The maximum Gasteiger partial charge on any atom is 0.407 e. The summed E-state index contributed by atoms with van der Waals surface area (Å²) in [5.41, 5.74) is 4.72. The van der Waals surface area contributed by atoms with E-state index in [2.05, 4.69) is 34.9 Å². The third kappa shape index (κ3) is 6.17. The first-order valence-corrected chi connectivity index (χ1v) is 13.5. The van der Waals surface area contributed by atoms with Gasteiger partial charge in [0.05, 0.1) is 0 Å². The summed E-state index contributed by atoms with van der Waals surface area (Å²) in [7, 11) is 0. The van der Waals surface area contributed by atoms with Crippen LogP contribution < -0.4 is 10.6 Å². The fourth-order valence-corrected chi connectivity index (χ4v) is 5.68. The van der Waals surface area contributed by atoms with Gasteiger partial charge in [-0.2, -0.15) is 11.8 Å². The van der Waals surface area contributed by atoms with Gasteiger partial charge >= 0.3 is 12.1 Å². The Kier molecular flexibility index (Phi) is 8.33. The number of hydrogen-bond acceptors (Lipinski definition) is 5. The van der Waals surface area contributed by atoms with Crippen molar-refractivity contribution in [3.8, 4) is 11.1 Å². The van der Waals surface area contributed by atoms with Gasteiger partial charge in [0.2, 0.25) is 5.91 Å². The summed E-state index contributed by atoms with van der Waals surface area (Å²) >= 11 is 1.55. The summed E-state index contributed by atoms with van der Waals surface area (Å²) in [6, 6.07) is 15.5. The van der Waals surface area contributed by atoms with Crippen molar-refractivity contribution in [2.24, 2.45) is 5.92 Å². The standard InChI is InChI=1S/C27H32N2O5S/c1-35-13-12-24(26(31)32)29-25(30)15-17-10-11-18(14-17)28-27(33)34-16-23-21-8-4-2-6-19(21)20-7-3-5-9-22(20)23/h2-9,17-18,23-24H,10-16H2,1H3,(H,28,33)(H,29,30)(H,31,32)/t17?,18?,24-/m0/s1. The Bertz CT molecular complexity index is 1030. The van der Waals surface area contributed by atoms with Crippen LogP contribution >= 0.6 is 11.8 Å². The van der Waals surface area contributed by atoms with Crippen LogP contribution in [0.25, 0.3) is 11.1 Å². The molecule has 0 spiro atoms. The number of amides is 2. The van der Waals surface area contributed by atoms with Gasteiger partial charge < -0.3 is 20.5 Å². The van der Waals surface area contributed by atoms with Gasteiger partial charge in [0.1, 0.15) is 12.6 Å². The lowest BCUT2D eigenvalue weighted by Gasteiger charge is -2.17. The van der Waals surface area contributed by atoms with Crippen molar-refractivity contribution in [3.63, 3.8) is 0 Å². The van der Waals surface area contributed by atoms with E-state index in [9.17, 15) is 19.5 Å². The maximum absolute atomic E-state index is 12.5. The van der Waals surface area contributed by atoms with Gasteiger partial charge in [-0.3, -0.25) is 4.79 Å². The maximum atomic E-state index is 12.5. The lowest BCUT2D eigenvalue weighted by molar-refractivity contribution is -0.142. The largest absolute Gasteiger partial charge is 0.480 e. The van der Waals surface area contributed by atoms with E-state index in [1.807, 2.05) is 30.5 Å². The van der Waals surface area contributed by atoms with Crippen LogP contribution in [0.5, 0.6) is 0 Å². The first-order chi connectivity index (χ1) is 17.0. The second-order valence-electron chi connectivity index (χ2n) is 9.29.